The zero-order valence-corrected chi connectivity index (χ0v) is 8.57. The lowest BCUT2D eigenvalue weighted by Gasteiger charge is -2.29. The molecular formula is C10H18S. The Kier molecular flexibility index (Phi) is 3.06. The van der Waals surface area contributed by atoms with Gasteiger partial charge < -0.3 is 0 Å². The number of rotatable bonds is 1. The Morgan fingerprint density at radius 1 is 1.55 bits per heavy atom. The van der Waals surface area contributed by atoms with Crippen molar-refractivity contribution in [2.24, 2.45) is 11.8 Å². The van der Waals surface area contributed by atoms with E-state index in [9.17, 15) is 0 Å². The van der Waals surface area contributed by atoms with Crippen molar-refractivity contribution in [3.05, 3.63) is 11.6 Å². The molecule has 0 aromatic heterocycles. The molecular weight excluding hydrogens is 152 g/mol. The van der Waals surface area contributed by atoms with E-state index >= 15 is 0 Å². The summed E-state index contributed by atoms with van der Waals surface area (Å²) in [6.07, 6.45) is 4.79. The monoisotopic (exact) mass is 170 g/mol. The molecule has 0 radical (unpaired) electrons. The van der Waals surface area contributed by atoms with E-state index in [4.69, 9.17) is 0 Å². The third-order valence-corrected chi connectivity index (χ3v) is 3.19. The summed E-state index contributed by atoms with van der Waals surface area (Å²) < 4.78 is 0. The van der Waals surface area contributed by atoms with Gasteiger partial charge in [-0.15, -0.1) is 0 Å². The second kappa shape index (κ2) is 3.66. The first kappa shape index (κ1) is 9.18. The van der Waals surface area contributed by atoms with Crippen molar-refractivity contribution in [2.75, 3.05) is 0 Å². The van der Waals surface area contributed by atoms with Gasteiger partial charge in [0.1, 0.15) is 0 Å². The van der Waals surface area contributed by atoms with Crippen LogP contribution in [0.25, 0.3) is 0 Å². The molecule has 1 aliphatic rings. The van der Waals surface area contributed by atoms with Crippen molar-refractivity contribution in [2.45, 2.75) is 38.9 Å². The van der Waals surface area contributed by atoms with Crippen LogP contribution in [0.1, 0.15) is 33.6 Å². The fraction of sp³-hybridized carbons (Fsp3) is 0.800. The molecule has 0 fully saturated rings. The van der Waals surface area contributed by atoms with Crippen molar-refractivity contribution >= 4 is 12.6 Å². The van der Waals surface area contributed by atoms with E-state index in [2.05, 4.69) is 39.5 Å². The van der Waals surface area contributed by atoms with Crippen molar-refractivity contribution in [1.82, 2.24) is 0 Å². The maximum absolute atomic E-state index is 4.61. The lowest BCUT2D eigenvalue weighted by Crippen LogP contribution is -2.23. The first-order chi connectivity index (χ1) is 5.11. The second-order valence-electron chi connectivity index (χ2n) is 3.97. The summed E-state index contributed by atoms with van der Waals surface area (Å²) in [5.74, 6) is 1.57. The molecule has 2 atom stereocenters. The Balaban J connectivity index is 2.58. The largest absolute Gasteiger partial charge is 0.175 e. The lowest BCUT2D eigenvalue weighted by molar-refractivity contribution is 0.362. The molecule has 0 saturated carbocycles. The SMILES string of the molecule is CC1=CC[C@H](C(C)C)[C@@H](S)C1. The minimum atomic E-state index is 0.597. The van der Waals surface area contributed by atoms with Gasteiger partial charge in [-0.05, 0) is 31.6 Å². The highest BCUT2D eigenvalue weighted by Crippen LogP contribution is 2.32. The van der Waals surface area contributed by atoms with Gasteiger partial charge in [-0.1, -0.05) is 25.5 Å². The predicted octanol–water partition coefficient (Wildman–Crippen LogP) is 3.30. The highest BCUT2D eigenvalue weighted by Gasteiger charge is 2.23. The van der Waals surface area contributed by atoms with Crippen molar-refractivity contribution < 1.29 is 0 Å². The van der Waals surface area contributed by atoms with Gasteiger partial charge in [-0.25, -0.2) is 0 Å². The molecule has 11 heavy (non-hydrogen) atoms. The fourth-order valence-electron chi connectivity index (χ4n) is 1.78. The van der Waals surface area contributed by atoms with E-state index in [1.54, 1.807) is 0 Å². The minimum absolute atomic E-state index is 0.597. The number of thiol groups is 1. The highest BCUT2D eigenvalue weighted by atomic mass is 32.1. The van der Waals surface area contributed by atoms with Crippen LogP contribution < -0.4 is 0 Å². The highest BCUT2D eigenvalue weighted by molar-refractivity contribution is 7.81. The zero-order valence-electron chi connectivity index (χ0n) is 7.67. The zero-order chi connectivity index (χ0) is 8.43. The van der Waals surface area contributed by atoms with Gasteiger partial charge in [0, 0.05) is 5.25 Å². The van der Waals surface area contributed by atoms with E-state index in [1.165, 1.54) is 18.4 Å². The molecule has 0 aromatic rings. The standard InChI is InChI=1S/C10H18S/c1-7(2)9-5-4-8(3)6-10(9)11/h4,7,9-11H,5-6H2,1-3H3/t9-,10+/m1/s1. The maximum atomic E-state index is 4.61. The lowest BCUT2D eigenvalue weighted by atomic mass is 9.82. The molecule has 0 aliphatic heterocycles. The summed E-state index contributed by atoms with van der Waals surface area (Å²) in [6, 6.07) is 0. The Labute approximate surface area is 75.5 Å². The van der Waals surface area contributed by atoms with Crippen LogP contribution in [0.15, 0.2) is 11.6 Å². The Hall–Kier alpha value is 0.0900. The average molecular weight is 170 g/mol. The molecule has 64 valence electrons. The van der Waals surface area contributed by atoms with Crippen LogP contribution in [0.3, 0.4) is 0 Å². The van der Waals surface area contributed by atoms with E-state index in [1.807, 2.05) is 0 Å². The summed E-state index contributed by atoms with van der Waals surface area (Å²) in [5.41, 5.74) is 1.52. The third-order valence-electron chi connectivity index (χ3n) is 2.62. The minimum Gasteiger partial charge on any atom is -0.175 e. The van der Waals surface area contributed by atoms with Gasteiger partial charge in [-0.2, -0.15) is 12.6 Å². The summed E-state index contributed by atoms with van der Waals surface area (Å²) in [5, 5.41) is 0.597. The van der Waals surface area contributed by atoms with E-state index in [0.29, 0.717) is 5.25 Å². The smallest absolute Gasteiger partial charge is 0.00875 e. The van der Waals surface area contributed by atoms with Gasteiger partial charge in [0.05, 0.1) is 0 Å². The summed E-state index contributed by atoms with van der Waals surface area (Å²) in [4.78, 5) is 0. The first-order valence-electron chi connectivity index (χ1n) is 4.45. The third kappa shape index (κ3) is 2.26. The molecule has 1 rings (SSSR count). The van der Waals surface area contributed by atoms with Crippen molar-refractivity contribution in [3.8, 4) is 0 Å². The molecule has 0 saturated heterocycles. The Morgan fingerprint density at radius 3 is 2.64 bits per heavy atom. The van der Waals surface area contributed by atoms with Crippen LogP contribution in [0.2, 0.25) is 0 Å². The molecule has 0 heterocycles. The van der Waals surface area contributed by atoms with Crippen LogP contribution in [0, 0.1) is 11.8 Å². The van der Waals surface area contributed by atoms with Crippen LogP contribution in [-0.4, -0.2) is 5.25 Å². The molecule has 1 heteroatoms. The van der Waals surface area contributed by atoms with Crippen LogP contribution in [0.4, 0.5) is 0 Å². The van der Waals surface area contributed by atoms with Crippen molar-refractivity contribution in [3.63, 3.8) is 0 Å². The van der Waals surface area contributed by atoms with Crippen LogP contribution in [-0.2, 0) is 0 Å². The number of hydrogen-bond donors (Lipinski definition) is 1. The molecule has 1 aliphatic carbocycles. The first-order valence-corrected chi connectivity index (χ1v) is 4.96. The van der Waals surface area contributed by atoms with Crippen LogP contribution >= 0.6 is 12.6 Å². The summed E-state index contributed by atoms with van der Waals surface area (Å²) in [6.45, 7) is 6.80. The van der Waals surface area contributed by atoms with Gasteiger partial charge in [-0.3, -0.25) is 0 Å². The van der Waals surface area contributed by atoms with Gasteiger partial charge >= 0.3 is 0 Å². The fourth-order valence-corrected chi connectivity index (χ4v) is 2.53. The second-order valence-corrected chi connectivity index (χ2v) is 4.63. The Bertz CT molecular complexity index is 158. The molecule has 0 bridgehead atoms. The maximum Gasteiger partial charge on any atom is 0.00875 e. The number of hydrogen-bond acceptors (Lipinski definition) is 1. The van der Waals surface area contributed by atoms with Crippen LogP contribution in [0.5, 0.6) is 0 Å². The topological polar surface area (TPSA) is 0 Å². The van der Waals surface area contributed by atoms with Gasteiger partial charge in [0.2, 0.25) is 0 Å². The average Bonchev–Trinajstić information content (AvgIpc) is 1.85. The van der Waals surface area contributed by atoms with E-state index in [-0.39, 0.29) is 0 Å². The molecule has 0 amide bonds. The molecule has 0 unspecified atom stereocenters. The quantitative estimate of drug-likeness (QED) is 0.453. The van der Waals surface area contributed by atoms with Gasteiger partial charge in [0.25, 0.3) is 0 Å². The molecule has 0 nitrogen and oxygen atoms in total. The van der Waals surface area contributed by atoms with E-state index in [0.717, 1.165) is 11.8 Å². The number of allylic oxidation sites excluding steroid dienone is 2. The van der Waals surface area contributed by atoms with E-state index < -0.39 is 0 Å². The van der Waals surface area contributed by atoms with Crippen molar-refractivity contribution in [1.29, 1.82) is 0 Å². The molecule has 0 N–H and O–H groups in total. The predicted molar refractivity (Wildman–Crippen MR) is 54.1 cm³/mol. The van der Waals surface area contributed by atoms with Gasteiger partial charge in [0.15, 0.2) is 0 Å². The summed E-state index contributed by atoms with van der Waals surface area (Å²) in [7, 11) is 0. The molecule has 0 aromatic carbocycles. The Morgan fingerprint density at radius 2 is 2.18 bits per heavy atom. The normalized spacial score (nSPS) is 32.3. The summed E-state index contributed by atoms with van der Waals surface area (Å²) >= 11 is 4.61. The molecule has 0 spiro atoms.